The van der Waals surface area contributed by atoms with Crippen LogP contribution in [0.5, 0.6) is 0 Å². The summed E-state index contributed by atoms with van der Waals surface area (Å²) in [5.41, 5.74) is 12.5. The summed E-state index contributed by atoms with van der Waals surface area (Å²) in [4.78, 5) is 80.6. The fourth-order valence-electron chi connectivity index (χ4n) is 15.2. The van der Waals surface area contributed by atoms with E-state index in [0.717, 1.165) is 156 Å². The molecule has 9 heterocycles. The molecule has 19 nitrogen and oxygen atoms in total. The number of likely N-dealkylation sites (tertiary alicyclic amines) is 4. The lowest BCUT2D eigenvalue weighted by molar-refractivity contribution is 0.00578. The van der Waals surface area contributed by atoms with Crippen molar-refractivity contribution in [3.8, 4) is 33.5 Å². The van der Waals surface area contributed by atoms with Crippen LogP contribution in [0.2, 0.25) is 0 Å². The Morgan fingerprint density at radius 3 is 1.20 bits per heavy atom. The third kappa shape index (κ3) is 20.1. The first-order chi connectivity index (χ1) is 50.0. The molecule has 590 valence electrons. The summed E-state index contributed by atoms with van der Waals surface area (Å²) < 4.78 is 36.2. The smallest absolute Gasteiger partial charge is 0.444 e. The largest absolute Gasteiger partial charge is 0.494 e. The Morgan fingerprint density at radius 2 is 0.800 bits per heavy atom. The van der Waals surface area contributed by atoms with E-state index in [9.17, 15) is 19.2 Å². The number of aromatic nitrogens is 2. The quantitative estimate of drug-likeness (QED) is 0.0861. The van der Waals surface area contributed by atoms with Gasteiger partial charge in [-0.3, -0.25) is 34.6 Å². The molecular weight excluding hydrogens is 1570 g/mol. The number of imidazole rings is 1. The second kappa shape index (κ2) is 34.4. The Hall–Kier alpha value is -7.01. The molecule has 0 spiro atoms. The topological polar surface area (TPSA) is 202 Å². The Labute approximate surface area is 691 Å². The fraction of sp³-hybridized carbons (Fsp3) is 0.482. The Balaban J connectivity index is 0.000000203. The predicted octanol–water partition coefficient (Wildman–Crippen LogP) is 19.8. The molecule has 0 bridgehead atoms. The number of hydrogen-bond donors (Lipinski definition) is 1. The molecule has 0 aliphatic carbocycles. The van der Waals surface area contributed by atoms with E-state index < -0.39 is 22.4 Å². The van der Waals surface area contributed by atoms with Gasteiger partial charge in [-0.2, -0.15) is 54.0 Å². The number of rotatable bonds is 8. The average molecular weight is 1680 g/mol. The van der Waals surface area contributed by atoms with Crippen molar-refractivity contribution in [3.63, 3.8) is 0 Å². The highest BCUT2D eigenvalue weighted by Gasteiger charge is 2.52. The van der Waals surface area contributed by atoms with Gasteiger partial charge >= 0.3 is 31.5 Å². The zero-order chi connectivity index (χ0) is 75.6. The van der Waals surface area contributed by atoms with E-state index in [-0.39, 0.29) is 121 Å². The molecule has 1 N–H and O–H groups in total. The summed E-state index contributed by atoms with van der Waals surface area (Å²) in [7, 11) is -0.369. The van der Waals surface area contributed by atoms with Crippen LogP contribution < -0.4 is 5.46 Å². The number of fused-ring (bicyclic) bond motifs is 4. The first-order valence-corrected chi connectivity index (χ1v) is 38.9. The highest BCUT2D eigenvalue weighted by atomic mass is 127. The van der Waals surface area contributed by atoms with Gasteiger partial charge in [0.05, 0.1) is 58.6 Å². The highest BCUT2D eigenvalue weighted by Crippen LogP contribution is 2.42. The minimum absolute atomic E-state index is 0. The molecule has 4 amide bonds. The van der Waals surface area contributed by atoms with Crippen LogP contribution in [-0.2, 0) is 41.1 Å². The molecule has 8 aliphatic rings. The number of nitrogens with zero attached hydrogens (tertiary/aromatic N) is 8. The van der Waals surface area contributed by atoms with Crippen LogP contribution in [0.15, 0.2) is 140 Å². The van der Waals surface area contributed by atoms with Crippen molar-refractivity contribution in [2.45, 2.75) is 239 Å². The van der Waals surface area contributed by atoms with Gasteiger partial charge in [-0.25, -0.2) is 24.2 Å². The van der Waals surface area contributed by atoms with Gasteiger partial charge < -0.3 is 33.2 Å². The van der Waals surface area contributed by atoms with Gasteiger partial charge in [-0.05, 0) is 288 Å². The summed E-state index contributed by atoms with van der Waals surface area (Å²) in [5.74, 6) is 0.790. The molecule has 6 aromatic carbocycles. The number of carbonyl (C=O) groups excluding carboxylic acids is 4. The van der Waals surface area contributed by atoms with Crippen LogP contribution in [0.3, 0.4) is 0 Å². The second-order valence-electron chi connectivity index (χ2n) is 34.3. The van der Waals surface area contributed by atoms with Crippen molar-refractivity contribution >= 4 is 164 Å². The van der Waals surface area contributed by atoms with Gasteiger partial charge in [-0.1, -0.05) is 66.7 Å². The van der Waals surface area contributed by atoms with Crippen LogP contribution in [0.25, 0.3) is 55.1 Å². The van der Waals surface area contributed by atoms with Gasteiger partial charge in [-0.15, -0.1) is 0 Å². The molecule has 25 heteroatoms. The monoisotopic (exact) mass is 1680 g/mol. The van der Waals surface area contributed by atoms with E-state index in [2.05, 4.69) is 174 Å². The minimum Gasteiger partial charge on any atom is -0.444 e. The third-order valence-corrected chi connectivity index (χ3v) is 21.6. The second-order valence-corrected chi connectivity index (χ2v) is 35.7. The molecule has 5 fully saturated rings. The third-order valence-electron chi connectivity index (χ3n) is 20.9. The summed E-state index contributed by atoms with van der Waals surface area (Å²) in [6.07, 6.45) is 12.7. The number of benzene rings is 6. The van der Waals surface area contributed by atoms with Crippen LogP contribution >= 0.6 is 76.6 Å². The van der Waals surface area contributed by atoms with E-state index in [0.29, 0.717) is 19.6 Å². The Bertz CT molecular complexity index is 4690. The minimum atomic E-state index is -0.538. The van der Waals surface area contributed by atoms with E-state index in [1.54, 1.807) is 4.90 Å². The lowest BCUT2D eigenvalue weighted by Gasteiger charge is -2.32. The average Bonchev–Trinajstić information content (AvgIpc) is 1.54. The zero-order valence-corrected chi connectivity index (χ0v) is 72.7. The van der Waals surface area contributed by atoms with E-state index in [4.69, 9.17) is 38.2 Å². The maximum Gasteiger partial charge on any atom is 0.494 e. The van der Waals surface area contributed by atoms with Crippen molar-refractivity contribution in [2.75, 3.05) is 26.2 Å². The molecule has 7 aromatic rings. The number of hydrogen-bond acceptors (Lipinski definition) is 14. The molecule has 110 heavy (non-hydrogen) atoms. The summed E-state index contributed by atoms with van der Waals surface area (Å²) >= 11 is 2.29. The van der Waals surface area contributed by atoms with E-state index >= 15 is 0 Å². The molecule has 1 aromatic heterocycles. The van der Waals surface area contributed by atoms with Crippen LogP contribution in [-0.4, -0.2) is 156 Å². The molecular formula is C85H111BIN9O10S4. The number of aromatic amines is 1. The van der Waals surface area contributed by atoms with E-state index in [1.807, 2.05) is 110 Å². The Morgan fingerprint density at radius 1 is 0.455 bits per heavy atom. The number of aliphatic imine (C=N–C) groups is 3. The van der Waals surface area contributed by atoms with Crippen LogP contribution in [0.4, 0.5) is 30.6 Å². The Kier molecular flexibility index (Phi) is 27.2. The highest BCUT2D eigenvalue weighted by molar-refractivity contribution is 14.1. The number of carbonyl (C=O) groups is 4. The van der Waals surface area contributed by atoms with Crippen LogP contribution in [0, 0.1) is 0 Å². The maximum absolute atomic E-state index is 12.9. The first kappa shape index (κ1) is 87.0. The lowest BCUT2D eigenvalue weighted by Crippen LogP contribution is -2.43. The number of H-pyrrole nitrogens is 1. The molecule has 4 atom stereocenters. The molecule has 0 radical (unpaired) electrons. The molecule has 5 saturated heterocycles. The SMILES string of the molecule is CC(C)(C)OC(=O)N1CCCC1c1ncc(-c2ccc3cc(-c4ccc5c(c4)CC([C@@H]4CCCN4C(=O)OC(C)(C)C)=N5)ccc3c2)[nH]1.CC(C)(C)OC(=O)N1CCC[C@H]1C1=NC=C(I)C1.CC(C)(C)OC(=O)N1CCC[C@H]1C1=Nc2ccc(-c3ccc4cc(B5OC(C)(C)C(C)(C)O5)ccc4c3)cc2C1.S.S.S.S. The fourth-order valence-corrected chi connectivity index (χ4v) is 15.7. The van der Waals surface area contributed by atoms with Gasteiger partial charge in [0.2, 0.25) is 0 Å². The normalized spacial score (nSPS) is 20.3. The lowest BCUT2D eigenvalue weighted by atomic mass is 9.78. The zero-order valence-electron chi connectivity index (χ0n) is 66.6. The van der Waals surface area contributed by atoms with Crippen molar-refractivity contribution in [1.29, 1.82) is 0 Å². The predicted molar refractivity (Wildman–Crippen MR) is 472 cm³/mol. The standard InChI is InChI=1S/C39H45N5O4.C33H39BN2O4.C13H19IN2O2.4H2S/c1-38(2,3)47-36(45)43-17-7-9-33(43)31-22-29-21-27(15-16-30(29)41-31)24-11-12-26-20-28(14-13-25(26)19-24)32-23-40-35(42-32)34-10-8-18-44(34)37(46)48-39(4,5)6;1-31(2,3)38-30(37)36-16-8-9-29(36)28-20-25-18-23(13-15-27(25)35-28)21-10-11-24-19-26(14-12-22(24)17-21)34-39-32(4,5)33(6,7)40-34;1-13(2,3)18-12(17)16-6-4-5-11(16)10-7-9(14)8-15-10;;;;/h11-16,19-21,23,33-34H,7-10,17-18,22H2,1-6H3,(H,40,42);10-15,17-19,29H,8-9,16,20H2,1-7H3;8,11H,4-7H2,1-3H3;4*1H2/t33-,34?;29-;11-;;;;/m000..../s1. The molecule has 15 rings (SSSR count). The van der Waals surface area contributed by atoms with Gasteiger partial charge in [0.1, 0.15) is 28.2 Å². The van der Waals surface area contributed by atoms with Crippen LogP contribution in [0.1, 0.15) is 192 Å². The summed E-state index contributed by atoms with van der Waals surface area (Å²) in [6, 6.07) is 39.0. The summed E-state index contributed by atoms with van der Waals surface area (Å²) in [6.45, 7) is 34.0. The molecule has 8 aliphatic heterocycles. The number of ether oxygens (including phenoxy) is 4. The van der Waals surface area contributed by atoms with Gasteiger partial charge in [0, 0.05) is 77.9 Å². The molecule has 1 unspecified atom stereocenters. The number of nitrogens with one attached hydrogen (secondary N) is 1. The number of halogens is 1. The van der Waals surface area contributed by atoms with Crippen molar-refractivity contribution in [1.82, 2.24) is 29.6 Å². The maximum atomic E-state index is 12.9. The van der Waals surface area contributed by atoms with Crippen molar-refractivity contribution < 1.29 is 47.4 Å². The molecule has 0 saturated carbocycles. The van der Waals surface area contributed by atoms with Gasteiger partial charge in [0.15, 0.2) is 0 Å². The van der Waals surface area contributed by atoms with Crippen molar-refractivity contribution in [3.05, 3.63) is 142 Å². The van der Waals surface area contributed by atoms with Crippen molar-refractivity contribution in [2.24, 2.45) is 15.0 Å². The first-order valence-electron chi connectivity index (χ1n) is 37.8. The van der Waals surface area contributed by atoms with E-state index in [1.165, 1.54) is 31.2 Å². The number of amides is 4. The number of allylic oxidation sites excluding steroid dienone is 1. The summed E-state index contributed by atoms with van der Waals surface area (Å²) in [5, 5.41) is 4.62. The van der Waals surface area contributed by atoms with Gasteiger partial charge in [0.25, 0.3) is 0 Å².